The summed E-state index contributed by atoms with van der Waals surface area (Å²) in [6.45, 7) is 9.75. The Kier molecular flexibility index (Phi) is 10.3. The van der Waals surface area contributed by atoms with E-state index in [-0.39, 0.29) is 0 Å². The molecule has 0 heterocycles. The van der Waals surface area contributed by atoms with Crippen molar-refractivity contribution in [1.29, 1.82) is 0 Å². The van der Waals surface area contributed by atoms with Crippen molar-refractivity contribution in [3.8, 4) is 0 Å². The van der Waals surface area contributed by atoms with Gasteiger partial charge in [0.2, 0.25) is 0 Å². The Balaban J connectivity index is 2.91. The number of nitrogens with one attached hydrogen (secondary N) is 1. The summed E-state index contributed by atoms with van der Waals surface area (Å²) in [4.78, 5) is 2.03. The van der Waals surface area contributed by atoms with Gasteiger partial charge in [0.1, 0.15) is 0 Å². The van der Waals surface area contributed by atoms with Crippen LogP contribution in [0.5, 0.6) is 0 Å². The van der Waals surface area contributed by atoms with E-state index in [1.54, 1.807) is 27.7 Å². The molecule has 0 aromatic heterocycles. The lowest BCUT2D eigenvalue weighted by Crippen LogP contribution is -2.35. The van der Waals surface area contributed by atoms with Gasteiger partial charge in [-0.05, 0) is 50.8 Å². The summed E-state index contributed by atoms with van der Waals surface area (Å²) in [5.41, 5.74) is 3.27. The largest absolute Gasteiger partial charge is 0.393 e. The van der Waals surface area contributed by atoms with E-state index in [0.29, 0.717) is 39.1 Å². The van der Waals surface area contributed by atoms with Gasteiger partial charge in [-0.25, -0.2) is 0 Å². The number of aliphatic hydroxyl groups is 4. The average Bonchev–Trinajstić information content (AvgIpc) is 2.47. The van der Waals surface area contributed by atoms with Gasteiger partial charge in [0.25, 0.3) is 0 Å². The summed E-state index contributed by atoms with van der Waals surface area (Å²) in [5, 5.41) is 41.8. The summed E-state index contributed by atoms with van der Waals surface area (Å²) in [6.07, 6.45) is -1.17. The normalized spacial score (nSPS) is 16.5. The molecule has 26 heavy (non-hydrogen) atoms. The monoisotopic (exact) mass is 368 g/mol. The summed E-state index contributed by atoms with van der Waals surface area (Å²) in [5.74, 6) is 0. The lowest BCUT2D eigenvalue weighted by atomic mass is 9.98. The third-order valence-electron chi connectivity index (χ3n) is 3.99. The first-order valence-corrected chi connectivity index (χ1v) is 9.43. The average molecular weight is 369 g/mol. The topological polar surface area (TPSA) is 96.2 Å². The third-order valence-corrected chi connectivity index (χ3v) is 3.99. The summed E-state index contributed by atoms with van der Waals surface area (Å²) >= 11 is 0. The number of rotatable bonds is 12. The van der Waals surface area contributed by atoms with Gasteiger partial charge in [-0.15, -0.1) is 0 Å². The zero-order valence-corrected chi connectivity index (χ0v) is 16.5. The predicted octanol–water partition coefficient (Wildman–Crippen LogP) is 0.644. The van der Waals surface area contributed by atoms with Crippen LogP contribution < -0.4 is 5.32 Å². The highest BCUT2D eigenvalue weighted by atomic mass is 16.3. The Hall–Kier alpha value is -1.02. The van der Waals surface area contributed by atoms with Gasteiger partial charge in [-0.2, -0.15) is 0 Å². The fourth-order valence-corrected chi connectivity index (χ4v) is 3.08. The smallest absolute Gasteiger partial charge is 0.0639 e. The van der Waals surface area contributed by atoms with Crippen molar-refractivity contribution >= 4 is 0 Å². The maximum absolute atomic E-state index is 9.73. The summed E-state index contributed by atoms with van der Waals surface area (Å²) < 4.78 is 0. The van der Waals surface area contributed by atoms with Crippen LogP contribution in [0, 0.1) is 0 Å². The minimum absolute atomic E-state index is 0.411. The third kappa shape index (κ3) is 9.62. The van der Waals surface area contributed by atoms with Gasteiger partial charge in [0.15, 0.2) is 0 Å². The SMILES string of the molecule is CC(O)CNCc1cc(CN(CC(C)O)CC(C)O)ccc1CC(C)O. The van der Waals surface area contributed by atoms with Gasteiger partial charge in [0, 0.05) is 32.7 Å². The van der Waals surface area contributed by atoms with E-state index in [1.165, 1.54) is 0 Å². The molecule has 1 aromatic carbocycles. The van der Waals surface area contributed by atoms with E-state index in [0.717, 1.165) is 16.7 Å². The lowest BCUT2D eigenvalue weighted by Gasteiger charge is -2.25. The molecule has 150 valence electrons. The highest BCUT2D eigenvalue weighted by molar-refractivity contribution is 5.32. The highest BCUT2D eigenvalue weighted by Gasteiger charge is 2.14. The Morgan fingerprint density at radius 1 is 0.846 bits per heavy atom. The van der Waals surface area contributed by atoms with E-state index in [1.807, 2.05) is 17.0 Å². The molecule has 0 amide bonds. The number of aliphatic hydroxyl groups excluding tert-OH is 4. The van der Waals surface area contributed by atoms with Gasteiger partial charge in [0.05, 0.1) is 24.4 Å². The number of nitrogens with zero attached hydrogens (tertiary/aromatic N) is 1. The quantitative estimate of drug-likeness (QED) is 0.372. The molecule has 0 spiro atoms. The summed E-state index contributed by atoms with van der Waals surface area (Å²) in [7, 11) is 0. The van der Waals surface area contributed by atoms with Crippen LogP contribution in [-0.2, 0) is 19.5 Å². The predicted molar refractivity (Wildman–Crippen MR) is 104 cm³/mol. The number of hydrogen-bond acceptors (Lipinski definition) is 6. The minimum atomic E-state index is -0.463. The molecule has 0 fully saturated rings. The van der Waals surface area contributed by atoms with Crippen molar-refractivity contribution in [1.82, 2.24) is 10.2 Å². The van der Waals surface area contributed by atoms with Gasteiger partial charge in [-0.1, -0.05) is 18.2 Å². The molecule has 6 heteroatoms. The van der Waals surface area contributed by atoms with Crippen LogP contribution in [0.4, 0.5) is 0 Å². The molecule has 0 radical (unpaired) electrons. The molecule has 1 aromatic rings. The van der Waals surface area contributed by atoms with E-state index in [9.17, 15) is 20.4 Å². The molecule has 0 saturated carbocycles. The first-order chi connectivity index (χ1) is 12.2. The minimum Gasteiger partial charge on any atom is -0.393 e. The molecule has 0 aliphatic heterocycles. The van der Waals surface area contributed by atoms with Crippen LogP contribution in [-0.4, -0.2) is 69.4 Å². The number of hydrogen-bond donors (Lipinski definition) is 5. The second kappa shape index (κ2) is 11.6. The van der Waals surface area contributed by atoms with Crippen LogP contribution in [0.25, 0.3) is 0 Å². The molecule has 4 unspecified atom stereocenters. The fourth-order valence-electron chi connectivity index (χ4n) is 3.08. The number of benzene rings is 1. The second-order valence-electron chi connectivity index (χ2n) is 7.53. The molecular weight excluding hydrogens is 332 g/mol. The molecule has 5 N–H and O–H groups in total. The van der Waals surface area contributed by atoms with Crippen molar-refractivity contribution in [2.75, 3.05) is 19.6 Å². The van der Waals surface area contributed by atoms with Crippen molar-refractivity contribution in [2.45, 2.75) is 71.6 Å². The summed E-state index contributed by atoms with van der Waals surface area (Å²) in [6, 6.07) is 6.17. The zero-order chi connectivity index (χ0) is 19.7. The van der Waals surface area contributed by atoms with Gasteiger partial charge in [-0.3, -0.25) is 4.90 Å². The Morgan fingerprint density at radius 3 is 1.96 bits per heavy atom. The Morgan fingerprint density at radius 2 is 1.46 bits per heavy atom. The van der Waals surface area contributed by atoms with Crippen molar-refractivity contribution < 1.29 is 20.4 Å². The standard InChI is InChI=1S/C20H36N2O4/c1-14(23)7-19-6-5-18(8-20(19)10-21-9-15(2)24)13-22(11-16(3)25)12-17(4)26/h5-6,8,14-17,21,23-26H,7,9-13H2,1-4H3. The fraction of sp³-hybridized carbons (Fsp3) is 0.700. The molecule has 6 nitrogen and oxygen atoms in total. The van der Waals surface area contributed by atoms with E-state index in [2.05, 4.69) is 11.4 Å². The molecular formula is C20H36N2O4. The van der Waals surface area contributed by atoms with Crippen LogP contribution in [0.15, 0.2) is 18.2 Å². The van der Waals surface area contributed by atoms with Crippen molar-refractivity contribution in [3.63, 3.8) is 0 Å². The second-order valence-corrected chi connectivity index (χ2v) is 7.53. The van der Waals surface area contributed by atoms with Crippen molar-refractivity contribution in [2.24, 2.45) is 0 Å². The lowest BCUT2D eigenvalue weighted by molar-refractivity contribution is 0.0794. The highest BCUT2D eigenvalue weighted by Crippen LogP contribution is 2.17. The first kappa shape index (κ1) is 23.0. The maximum atomic E-state index is 9.73. The molecule has 0 bridgehead atoms. The Bertz CT molecular complexity index is 509. The molecule has 1 rings (SSSR count). The zero-order valence-electron chi connectivity index (χ0n) is 16.5. The maximum Gasteiger partial charge on any atom is 0.0639 e. The van der Waals surface area contributed by atoms with Gasteiger partial charge >= 0.3 is 0 Å². The van der Waals surface area contributed by atoms with E-state index >= 15 is 0 Å². The van der Waals surface area contributed by atoms with Crippen LogP contribution in [0.1, 0.15) is 44.4 Å². The molecule has 0 aliphatic carbocycles. The van der Waals surface area contributed by atoms with E-state index in [4.69, 9.17) is 0 Å². The van der Waals surface area contributed by atoms with Crippen LogP contribution in [0.2, 0.25) is 0 Å². The van der Waals surface area contributed by atoms with Crippen LogP contribution in [0.3, 0.4) is 0 Å². The first-order valence-electron chi connectivity index (χ1n) is 9.43. The van der Waals surface area contributed by atoms with Gasteiger partial charge < -0.3 is 25.7 Å². The van der Waals surface area contributed by atoms with E-state index < -0.39 is 24.4 Å². The molecule has 0 aliphatic rings. The van der Waals surface area contributed by atoms with Crippen LogP contribution >= 0.6 is 0 Å². The Labute approximate surface area is 157 Å². The van der Waals surface area contributed by atoms with Crippen molar-refractivity contribution in [3.05, 3.63) is 34.9 Å². The molecule has 4 atom stereocenters. The molecule has 0 saturated heterocycles.